The number of nitrogens with two attached hydrogens (primary N) is 1. The van der Waals surface area contributed by atoms with Gasteiger partial charge in [0.05, 0.1) is 4.90 Å². The molecule has 0 amide bonds. The van der Waals surface area contributed by atoms with E-state index in [1.165, 1.54) is 0 Å². The Balaban J connectivity index is 2.90. The van der Waals surface area contributed by atoms with Crippen molar-refractivity contribution in [2.45, 2.75) is 18.7 Å². The van der Waals surface area contributed by atoms with Crippen LogP contribution in [0.5, 0.6) is 0 Å². The van der Waals surface area contributed by atoms with Gasteiger partial charge in [0.1, 0.15) is 11.6 Å². The number of hydrogen-bond acceptors (Lipinski definition) is 4. The summed E-state index contributed by atoms with van der Waals surface area (Å²) in [5.74, 6) is 2.31. The Bertz CT molecular complexity index is 249. The van der Waals surface area contributed by atoms with E-state index in [0.29, 0.717) is 5.82 Å². The van der Waals surface area contributed by atoms with Gasteiger partial charge in [-0.25, -0.2) is 9.97 Å². The molecule has 4 heteroatoms. The molecule has 1 heterocycles. The third kappa shape index (κ3) is 2.08. The summed E-state index contributed by atoms with van der Waals surface area (Å²) >= 11 is 1.66. The monoisotopic (exact) mass is 169 g/mol. The third-order valence-electron chi connectivity index (χ3n) is 1.20. The number of thioether (sulfide) groups is 1. The number of anilines is 1. The van der Waals surface area contributed by atoms with E-state index in [4.69, 9.17) is 5.73 Å². The predicted molar refractivity (Wildman–Crippen MR) is 47.6 cm³/mol. The van der Waals surface area contributed by atoms with Crippen molar-refractivity contribution in [1.29, 1.82) is 0 Å². The van der Waals surface area contributed by atoms with E-state index in [1.807, 2.05) is 6.92 Å². The molecule has 1 aromatic rings. The lowest BCUT2D eigenvalue weighted by Gasteiger charge is -2.01. The van der Waals surface area contributed by atoms with Crippen LogP contribution in [-0.2, 0) is 0 Å². The van der Waals surface area contributed by atoms with Gasteiger partial charge >= 0.3 is 0 Å². The molecule has 3 nitrogen and oxygen atoms in total. The van der Waals surface area contributed by atoms with Gasteiger partial charge in [-0.3, -0.25) is 0 Å². The fourth-order valence-electron chi connectivity index (χ4n) is 0.743. The van der Waals surface area contributed by atoms with E-state index < -0.39 is 0 Å². The van der Waals surface area contributed by atoms with E-state index in [2.05, 4.69) is 16.9 Å². The van der Waals surface area contributed by atoms with Crippen LogP contribution in [-0.4, -0.2) is 15.7 Å². The molecule has 0 aromatic carbocycles. The van der Waals surface area contributed by atoms with E-state index in [-0.39, 0.29) is 0 Å². The smallest absolute Gasteiger partial charge is 0.140 e. The fourth-order valence-corrected chi connectivity index (χ4v) is 1.37. The normalized spacial score (nSPS) is 10.0. The Morgan fingerprint density at radius 1 is 1.64 bits per heavy atom. The Morgan fingerprint density at radius 3 is 2.91 bits per heavy atom. The van der Waals surface area contributed by atoms with E-state index in [0.717, 1.165) is 16.5 Å². The van der Waals surface area contributed by atoms with Crippen LogP contribution < -0.4 is 5.73 Å². The lowest BCUT2D eigenvalue weighted by molar-refractivity contribution is 1.02. The molecule has 0 bridgehead atoms. The number of aromatic nitrogens is 2. The lowest BCUT2D eigenvalue weighted by Crippen LogP contribution is -1.97. The maximum atomic E-state index is 5.64. The summed E-state index contributed by atoms with van der Waals surface area (Å²) < 4.78 is 0. The summed E-state index contributed by atoms with van der Waals surface area (Å²) in [5.41, 5.74) is 5.64. The maximum absolute atomic E-state index is 5.64. The van der Waals surface area contributed by atoms with Gasteiger partial charge in [0.25, 0.3) is 0 Å². The first kappa shape index (κ1) is 8.33. The summed E-state index contributed by atoms with van der Waals surface area (Å²) in [6.45, 7) is 3.90. The number of nitrogens with zero attached hydrogens (tertiary/aromatic N) is 2. The van der Waals surface area contributed by atoms with Gasteiger partial charge in [-0.05, 0) is 12.7 Å². The molecule has 0 aliphatic heterocycles. The van der Waals surface area contributed by atoms with Crippen LogP contribution in [0.2, 0.25) is 0 Å². The zero-order valence-electron chi connectivity index (χ0n) is 6.66. The van der Waals surface area contributed by atoms with Crippen molar-refractivity contribution in [3.8, 4) is 0 Å². The highest BCUT2D eigenvalue weighted by atomic mass is 32.2. The van der Waals surface area contributed by atoms with Crippen LogP contribution >= 0.6 is 11.8 Å². The molecule has 0 unspecified atom stereocenters. The van der Waals surface area contributed by atoms with Crippen molar-refractivity contribution >= 4 is 17.6 Å². The molecular weight excluding hydrogens is 158 g/mol. The van der Waals surface area contributed by atoms with Crippen LogP contribution in [0.4, 0.5) is 5.82 Å². The average Bonchev–Trinajstić information content (AvgIpc) is 1.95. The highest BCUT2D eigenvalue weighted by Gasteiger charge is 1.99. The molecule has 2 N–H and O–H groups in total. The molecule has 1 rings (SSSR count). The van der Waals surface area contributed by atoms with Gasteiger partial charge in [-0.2, -0.15) is 0 Å². The minimum Gasteiger partial charge on any atom is -0.383 e. The second-order valence-corrected chi connectivity index (χ2v) is 3.41. The molecule has 0 aliphatic rings. The van der Waals surface area contributed by atoms with Gasteiger partial charge < -0.3 is 5.73 Å². The van der Waals surface area contributed by atoms with Crippen LogP contribution in [0.3, 0.4) is 0 Å². The molecular formula is C7H11N3S. The van der Waals surface area contributed by atoms with Crippen LogP contribution in [0, 0.1) is 6.92 Å². The standard InChI is InChI=1S/C7H11N3S/c1-3-11-6-4-9-5(2)10-7(6)8/h4H,3H2,1-2H3,(H2,8,9,10). The molecule has 0 saturated carbocycles. The molecule has 11 heavy (non-hydrogen) atoms. The molecule has 0 aliphatic carbocycles. The predicted octanol–water partition coefficient (Wildman–Crippen LogP) is 1.48. The first-order valence-electron chi connectivity index (χ1n) is 3.46. The third-order valence-corrected chi connectivity index (χ3v) is 2.12. The molecule has 0 saturated heterocycles. The SMILES string of the molecule is CCSc1cnc(C)nc1N. The maximum Gasteiger partial charge on any atom is 0.140 e. The first-order chi connectivity index (χ1) is 5.24. The minimum atomic E-state index is 0.587. The minimum absolute atomic E-state index is 0.587. The van der Waals surface area contributed by atoms with Crippen LogP contribution in [0.1, 0.15) is 12.7 Å². The molecule has 0 atom stereocenters. The Hall–Kier alpha value is -0.770. The fraction of sp³-hybridized carbons (Fsp3) is 0.429. The number of nitrogen functional groups attached to an aromatic ring is 1. The van der Waals surface area contributed by atoms with Crippen molar-refractivity contribution in [3.05, 3.63) is 12.0 Å². The van der Waals surface area contributed by atoms with Gasteiger partial charge in [-0.15, -0.1) is 11.8 Å². The van der Waals surface area contributed by atoms with Crippen molar-refractivity contribution in [3.63, 3.8) is 0 Å². The topological polar surface area (TPSA) is 51.8 Å². The summed E-state index contributed by atoms with van der Waals surface area (Å²) in [6, 6.07) is 0. The second-order valence-electron chi connectivity index (χ2n) is 2.10. The van der Waals surface area contributed by atoms with E-state index in [9.17, 15) is 0 Å². The Morgan fingerprint density at radius 2 is 2.36 bits per heavy atom. The molecule has 0 fully saturated rings. The number of rotatable bonds is 2. The van der Waals surface area contributed by atoms with Gasteiger partial charge in [-0.1, -0.05) is 6.92 Å². The molecule has 1 aromatic heterocycles. The summed E-state index contributed by atoms with van der Waals surface area (Å²) in [7, 11) is 0. The first-order valence-corrected chi connectivity index (χ1v) is 4.44. The van der Waals surface area contributed by atoms with Crippen LogP contribution in [0.15, 0.2) is 11.1 Å². The second kappa shape index (κ2) is 3.57. The van der Waals surface area contributed by atoms with Crippen molar-refractivity contribution in [1.82, 2.24) is 9.97 Å². The van der Waals surface area contributed by atoms with E-state index >= 15 is 0 Å². The zero-order valence-corrected chi connectivity index (χ0v) is 7.48. The summed E-state index contributed by atoms with van der Waals surface area (Å²) in [6.07, 6.45) is 1.77. The highest BCUT2D eigenvalue weighted by Crippen LogP contribution is 2.21. The quantitative estimate of drug-likeness (QED) is 0.681. The van der Waals surface area contributed by atoms with Gasteiger partial charge in [0, 0.05) is 6.20 Å². The Kier molecular flexibility index (Phi) is 2.70. The van der Waals surface area contributed by atoms with Crippen molar-refractivity contribution in [2.75, 3.05) is 11.5 Å². The number of hydrogen-bond donors (Lipinski definition) is 1. The van der Waals surface area contributed by atoms with E-state index in [1.54, 1.807) is 18.0 Å². The molecule has 0 radical (unpaired) electrons. The lowest BCUT2D eigenvalue weighted by atomic mass is 10.5. The summed E-state index contributed by atoms with van der Waals surface area (Å²) in [4.78, 5) is 9.06. The highest BCUT2D eigenvalue weighted by molar-refractivity contribution is 7.99. The van der Waals surface area contributed by atoms with Crippen molar-refractivity contribution < 1.29 is 0 Å². The van der Waals surface area contributed by atoms with Crippen LogP contribution in [0.25, 0.3) is 0 Å². The zero-order chi connectivity index (χ0) is 8.27. The summed E-state index contributed by atoms with van der Waals surface area (Å²) in [5, 5.41) is 0. The largest absolute Gasteiger partial charge is 0.383 e. The molecule has 60 valence electrons. The van der Waals surface area contributed by atoms with Gasteiger partial charge in [0.15, 0.2) is 0 Å². The number of aryl methyl sites for hydroxylation is 1. The van der Waals surface area contributed by atoms with Crippen molar-refractivity contribution in [2.24, 2.45) is 0 Å². The Labute approximate surface area is 70.4 Å². The average molecular weight is 169 g/mol. The molecule has 0 spiro atoms. The van der Waals surface area contributed by atoms with Gasteiger partial charge in [0.2, 0.25) is 0 Å².